The van der Waals surface area contributed by atoms with Crippen LogP contribution >= 0.6 is 0 Å². The monoisotopic (exact) mass is 218 g/mol. The number of halogens is 1. The Kier molecular flexibility index (Phi) is 3.20. The van der Waals surface area contributed by atoms with Gasteiger partial charge in [0.2, 0.25) is 0 Å². The van der Waals surface area contributed by atoms with Gasteiger partial charge in [-0.2, -0.15) is 12.7 Å². The van der Waals surface area contributed by atoms with Gasteiger partial charge in [-0.1, -0.05) is 12.1 Å². The summed E-state index contributed by atoms with van der Waals surface area (Å²) in [6.07, 6.45) is 0. The minimum absolute atomic E-state index is 0.0661. The molecule has 6 heteroatoms. The molecule has 4 nitrogen and oxygen atoms in total. The standard InChI is InChI=1S/C8H11FN2O2S/c1-11(14(10,12)13)6-7-3-2-4-8(9)5-7/h2-5H,6H2,1H3,(H2,10,12,13). The van der Waals surface area contributed by atoms with Crippen LogP contribution in [0.1, 0.15) is 5.56 Å². The summed E-state index contributed by atoms with van der Waals surface area (Å²) in [5.41, 5.74) is 0.557. The molecule has 78 valence electrons. The Hall–Kier alpha value is -0.980. The lowest BCUT2D eigenvalue weighted by Crippen LogP contribution is -2.32. The van der Waals surface area contributed by atoms with Crippen LogP contribution in [0.15, 0.2) is 24.3 Å². The minimum atomic E-state index is -3.70. The Bertz CT molecular complexity index is 419. The first-order valence-electron chi connectivity index (χ1n) is 3.88. The first kappa shape index (κ1) is 11.1. The zero-order valence-electron chi connectivity index (χ0n) is 7.64. The quantitative estimate of drug-likeness (QED) is 0.801. The number of rotatable bonds is 3. The maximum atomic E-state index is 12.7. The van der Waals surface area contributed by atoms with Crippen molar-refractivity contribution in [2.24, 2.45) is 5.14 Å². The molecule has 0 aliphatic carbocycles. The van der Waals surface area contributed by atoms with Gasteiger partial charge in [0.1, 0.15) is 5.82 Å². The van der Waals surface area contributed by atoms with Gasteiger partial charge in [-0.05, 0) is 17.7 Å². The smallest absolute Gasteiger partial charge is 0.216 e. The predicted octanol–water partition coefficient (Wildman–Crippen LogP) is 0.461. The summed E-state index contributed by atoms with van der Waals surface area (Å²) in [5, 5.41) is 4.87. The first-order chi connectivity index (χ1) is 6.39. The van der Waals surface area contributed by atoms with Gasteiger partial charge in [0.15, 0.2) is 0 Å². The highest BCUT2D eigenvalue weighted by Crippen LogP contribution is 2.07. The van der Waals surface area contributed by atoms with Crippen molar-refractivity contribution in [2.75, 3.05) is 7.05 Å². The van der Waals surface area contributed by atoms with E-state index in [1.807, 2.05) is 0 Å². The van der Waals surface area contributed by atoms with Crippen LogP contribution in [0.2, 0.25) is 0 Å². The van der Waals surface area contributed by atoms with E-state index in [0.717, 1.165) is 4.31 Å². The zero-order chi connectivity index (χ0) is 10.8. The van der Waals surface area contributed by atoms with Crippen molar-refractivity contribution >= 4 is 10.2 Å². The second-order valence-electron chi connectivity index (χ2n) is 2.93. The Morgan fingerprint density at radius 2 is 2.14 bits per heavy atom. The normalized spacial score (nSPS) is 12.0. The van der Waals surface area contributed by atoms with E-state index >= 15 is 0 Å². The van der Waals surface area contributed by atoms with Crippen LogP contribution in [0.25, 0.3) is 0 Å². The van der Waals surface area contributed by atoms with Gasteiger partial charge in [-0.3, -0.25) is 0 Å². The highest BCUT2D eigenvalue weighted by molar-refractivity contribution is 7.86. The maximum absolute atomic E-state index is 12.7. The molecule has 0 saturated heterocycles. The predicted molar refractivity (Wildman–Crippen MR) is 51.0 cm³/mol. The molecule has 0 fully saturated rings. The molecule has 0 aromatic heterocycles. The van der Waals surface area contributed by atoms with Crippen LogP contribution < -0.4 is 5.14 Å². The maximum Gasteiger partial charge on any atom is 0.276 e. The molecule has 0 saturated carbocycles. The van der Waals surface area contributed by atoms with Crippen LogP contribution in [0.5, 0.6) is 0 Å². The molecule has 0 aliphatic heterocycles. The molecule has 0 aliphatic rings. The van der Waals surface area contributed by atoms with Gasteiger partial charge < -0.3 is 0 Å². The second kappa shape index (κ2) is 4.04. The van der Waals surface area contributed by atoms with Crippen LogP contribution in [0, 0.1) is 5.82 Å². The van der Waals surface area contributed by atoms with E-state index in [1.165, 1.54) is 25.2 Å². The Morgan fingerprint density at radius 3 is 2.64 bits per heavy atom. The van der Waals surface area contributed by atoms with Gasteiger partial charge >= 0.3 is 0 Å². The lowest BCUT2D eigenvalue weighted by molar-refractivity contribution is 0.466. The number of hydrogen-bond donors (Lipinski definition) is 1. The molecule has 0 heterocycles. The van der Waals surface area contributed by atoms with Crippen LogP contribution in [-0.2, 0) is 16.8 Å². The van der Waals surface area contributed by atoms with Crippen LogP contribution in [0.3, 0.4) is 0 Å². The van der Waals surface area contributed by atoms with Crippen molar-refractivity contribution in [1.29, 1.82) is 0 Å². The fourth-order valence-electron chi connectivity index (χ4n) is 0.982. The molecule has 1 rings (SSSR count). The van der Waals surface area contributed by atoms with E-state index in [-0.39, 0.29) is 6.54 Å². The molecule has 0 atom stereocenters. The molecule has 0 unspecified atom stereocenters. The summed E-state index contributed by atoms with van der Waals surface area (Å²) in [4.78, 5) is 0. The summed E-state index contributed by atoms with van der Waals surface area (Å²) in [6.45, 7) is 0.0661. The second-order valence-corrected chi connectivity index (χ2v) is 4.58. The average molecular weight is 218 g/mol. The first-order valence-corrected chi connectivity index (χ1v) is 5.38. The van der Waals surface area contributed by atoms with Gasteiger partial charge in [-0.15, -0.1) is 0 Å². The lowest BCUT2D eigenvalue weighted by Gasteiger charge is -2.13. The van der Waals surface area contributed by atoms with Crippen LogP contribution in [0.4, 0.5) is 4.39 Å². The van der Waals surface area contributed by atoms with Crippen LogP contribution in [-0.4, -0.2) is 19.8 Å². The average Bonchev–Trinajstić information content (AvgIpc) is 2.02. The third-order valence-corrected chi connectivity index (χ3v) is 2.73. The van der Waals surface area contributed by atoms with Gasteiger partial charge in [0, 0.05) is 13.6 Å². The molecule has 0 spiro atoms. The van der Waals surface area contributed by atoms with Gasteiger partial charge in [-0.25, -0.2) is 9.53 Å². The third-order valence-electron chi connectivity index (χ3n) is 1.73. The van der Waals surface area contributed by atoms with E-state index < -0.39 is 16.0 Å². The lowest BCUT2D eigenvalue weighted by atomic mass is 10.2. The van der Waals surface area contributed by atoms with Crippen molar-refractivity contribution in [1.82, 2.24) is 4.31 Å². The van der Waals surface area contributed by atoms with E-state index in [4.69, 9.17) is 5.14 Å². The minimum Gasteiger partial charge on any atom is -0.216 e. The molecule has 14 heavy (non-hydrogen) atoms. The number of nitrogens with zero attached hydrogens (tertiary/aromatic N) is 1. The summed E-state index contributed by atoms with van der Waals surface area (Å²) < 4.78 is 35.3. The number of benzene rings is 1. The summed E-state index contributed by atoms with van der Waals surface area (Å²) in [5.74, 6) is -0.398. The van der Waals surface area contributed by atoms with E-state index in [0.29, 0.717) is 5.56 Å². The third kappa shape index (κ3) is 3.06. The van der Waals surface area contributed by atoms with Crippen molar-refractivity contribution < 1.29 is 12.8 Å². The highest BCUT2D eigenvalue weighted by Gasteiger charge is 2.11. The summed E-state index contributed by atoms with van der Waals surface area (Å²) in [7, 11) is -2.37. The summed E-state index contributed by atoms with van der Waals surface area (Å²) >= 11 is 0. The molecule has 1 aromatic rings. The molecular weight excluding hydrogens is 207 g/mol. The van der Waals surface area contributed by atoms with Crippen molar-refractivity contribution in [3.8, 4) is 0 Å². The molecule has 0 bridgehead atoms. The molecule has 1 aromatic carbocycles. The number of nitrogens with two attached hydrogens (primary N) is 1. The molecule has 0 amide bonds. The van der Waals surface area contributed by atoms with Gasteiger partial charge in [0.05, 0.1) is 0 Å². The summed E-state index contributed by atoms with van der Waals surface area (Å²) in [6, 6.07) is 5.70. The van der Waals surface area contributed by atoms with Crippen molar-refractivity contribution in [3.63, 3.8) is 0 Å². The van der Waals surface area contributed by atoms with Crippen molar-refractivity contribution in [3.05, 3.63) is 35.6 Å². The Balaban J connectivity index is 2.80. The largest absolute Gasteiger partial charge is 0.276 e. The fraction of sp³-hybridized carbons (Fsp3) is 0.250. The van der Waals surface area contributed by atoms with E-state index in [9.17, 15) is 12.8 Å². The Labute approximate surface area is 82.3 Å². The topological polar surface area (TPSA) is 63.4 Å². The molecule has 0 radical (unpaired) electrons. The number of hydrogen-bond acceptors (Lipinski definition) is 2. The van der Waals surface area contributed by atoms with Crippen molar-refractivity contribution in [2.45, 2.75) is 6.54 Å². The molecule has 2 N–H and O–H groups in total. The Morgan fingerprint density at radius 1 is 1.50 bits per heavy atom. The van der Waals surface area contributed by atoms with Gasteiger partial charge in [0.25, 0.3) is 10.2 Å². The SMILES string of the molecule is CN(Cc1cccc(F)c1)S(N)(=O)=O. The zero-order valence-corrected chi connectivity index (χ0v) is 8.46. The van der Waals surface area contributed by atoms with E-state index in [2.05, 4.69) is 0 Å². The fourth-order valence-corrected chi connectivity index (χ4v) is 1.31. The molecular formula is C8H11FN2O2S. The highest BCUT2D eigenvalue weighted by atomic mass is 32.2. The van der Waals surface area contributed by atoms with E-state index in [1.54, 1.807) is 6.07 Å².